The van der Waals surface area contributed by atoms with Crippen molar-refractivity contribution in [1.29, 1.82) is 0 Å². The number of carbonyl (C=O) groups excluding carboxylic acids is 2. The van der Waals surface area contributed by atoms with Crippen LogP contribution in [-0.4, -0.2) is 33.6 Å². The van der Waals surface area contributed by atoms with Gasteiger partial charge in [0.25, 0.3) is 5.91 Å². The van der Waals surface area contributed by atoms with E-state index in [4.69, 9.17) is 0 Å². The van der Waals surface area contributed by atoms with Gasteiger partial charge in [0.1, 0.15) is 0 Å². The first-order valence-corrected chi connectivity index (χ1v) is 8.68. The number of Topliss-reactive ketones (excluding diaryl/α,β-unsaturated/α-hetero) is 1. The lowest BCUT2D eigenvalue weighted by atomic mass is 10.1. The Balaban J connectivity index is 1.91. The van der Waals surface area contributed by atoms with E-state index in [-0.39, 0.29) is 6.04 Å². The van der Waals surface area contributed by atoms with Gasteiger partial charge >= 0.3 is 0 Å². The first-order chi connectivity index (χ1) is 12.0. The molecule has 2 rings (SSSR count). The van der Waals surface area contributed by atoms with Gasteiger partial charge in [-0.1, -0.05) is 39.3 Å². The summed E-state index contributed by atoms with van der Waals surface area (Å²) in [4.78, 5) is 24.5. The first-order valence-electron chi connectivity index (χ1n) is 8.68. The Morgan fingerprint density at radius 1 is 1.20 bits per heavy atom. The summed E-state index contributed by atoms with van der Waals surface area (Å²) in [5.41, 5.74) is 1.88. The molecule has 1 amide bonds. The predicted molar refractivity (Wildman–Crippen MR) is 97.4 cm³/mol. The molecule has 6 nitrogen and oxygen atoms in total. The highest BCUT2D eigenvalue weighted by Gasteiger charge is 2.24. The lowest BCUT2D eigenvalue weighted by Gasteiger charge is -2.19. The number of benzene rings is 1. The van der Waals surface area contributed by atoms with E-state index in [9.17, 15) is 9.59 Å². The summed E-state index contributed by atoms with van der Waals surface area (Å²) in [6.45, 7) is 6.26. The minimum atomic E-state index is -0.539. The zero-order chi connectivity index (χ0) is 18.2. The minimum Gasteiger partial charge on any atom is -0.345 e. The third-order valence-electron chi connectivity index (χ3n) is 3.81. The maximum atomic E-state index is 12.3. The summed E-state index contributed by atoms with van der Waals surface area (Å²) in [5.74, 6) is -0.938. The van der Waals surface area contributed by atoms with Crippen molar-refractivity contribution in [2.45, 2.75) is 52.2 Å². The third kappa shape index (κ3) is 5.53. The number of nitrogens with zero attached hydrogens (tertiary/aromatic N) is 2. The smallest absolute Gasteiger partial charge is 0.289 e. The van der Waals surface area contributed by atoms with Gasteiger partial charge in [-0.25, -0.2) is 4.68 Å². The van der Waals surface area contributed by atoms with Crippen LogP contribution in [0.5, 0.6) is 0 Å². The van der Waals surface area contributed by atoms with Crippen LogP contribution in [0.15, 0.2) is 42.7 Å². The number of nitrogens with one attached hydrogen (secondary N) is 2. The fourth-order valence-electron chi connectivity index (χ4n) is 2.60. The van der Waals surface area contributed by atoms with E-state index in [2.05, 4.69) is 15.7 Å². The summed E-state index contributed by atoms with van der Waals surface area (Å²) in [6.07, 6.45) is 5.09. The SMILES string of the molecule is CCCC(NC(C)C)C(=O)C(=O)NCc1ccc(-n2cccn2)cc1. The minimum absolute atomic E-state index is 0.156. The van der Waals surface area contributed by atoms with E-state index in [1.165, 1.54) is 0 Å². The zero-order valence-electron chi connectivity index (χ0n) is 15.0. The Morgan fingerprint density at radius 3 is 2.48 bits per heavy atom. The van der Waals surface area contributed by atoms with Gasteiger partial charge < -0.3 is 10.6 Å². The molecule has 0 bridgehead atoms. The van der Waals surface area contributed by atoms with Gasteiger partial charge in [-0.05, 0) is 30.2 Å². The van der Waals surface area contributed by atoms with E-state index in [0.717, 1.165) is 17.7 Å². The van der Waals surface area contributed by atoms with E-state index < -0.39 is 17.7 Å². The average molecular weight is 342 g/mol. The van der Waals surface area contributed by atoms with E-state index in [1.807, 2.05) is 57.3 Å². The second-order valence-corrected chi connectivity index (χ2v) is 6.33. The lowest BCUT2D eigenvalue weighted by molar-refractivity contribution is -0.139. The van der Waals surface area contributed by atoms with Gasteiger partial charge in [-0.15, -0.1) is 0 Å². The van der Waals surface area contributed by atoms with Crippen LogP contribution in [0, 0.1) is 0 Å². The van der Waals surface area contributed by atoms with Crippen LogP contribution in [0.4, 0.5) is 0 Å². The molecule has 0 saturated carbocycles. The number of amides is 1. The highest BCUT2D eigenvalue weighted by atomic mass is 16.2. The molecule has 2 N–H and O–H groups in total. The van der Waals surface area contributed by atoms with Crippen molar-refractivity contribution in [2.75, 3.05) is 0 Å². The summed E-state index contributed by atoms with van der Waals surface area (Å²) in [5, 5.41) is 10.0. The predicted octanol–water partition coefficient (Wildman–Crippen LogP) is 2.22. The number of rotatable bonds is 9. The summed E-state index contributed by atoms with van der Waals surface area (Å²) >= 11 is 0. The fraction of sp³-hybridized carbons (Fsp3) is 0.421. The van der Waals surface area contributed by atoms with Crippen LogP contribution in [0.1, 0.15) is 39.2 Å². The number of aromatic nitrogens is 2. The first kappa shape index (κ1) is 18.9. The fourth-order valence-corrected chi connectivity index (χ4v) is 2.60. The molecule has 1 aromatic heterocycles. The van der Waals surface area contributed by atoms with Crippen LogP contribution < -0.4 is 10.6 Å². The normalized spacial score (nSPS) is 12.2. The summed E-state index contributed by atoms with van der Waals surface area (Å²) in [6, 6.07) is 9.27. The molecule has 6 heteroatoms. The highest BCUT2D eigenvalue weighted by Crippen LogP contribution is 2.08. The molecule has 0 aliphatic heterocycles. The van der Waals surface area contributed by atoms with E-state index in [0.29, 0.717) is 13.0 Å². The largest absolute Gasteiger partial charge is 0.345 e. The number of ketones is 1. The molecule has 0 aliphatic carbocycles. The Labute approximate surface area is 148 Å². The van der Waals surface area contributed by atoms with Crippen molar-refractivity contribution < 1.29 is 9.59 Å². The molecule has 2 aromatic rings. The average Bonchev–Trinajstić information content (AvgIpc) is 3.13. The van der Waals surface area contributed by atoms with Crippen LogP contribution in [0.25, 0.3) is 5.69 Å². The number of hydrogen-bond donors (Lipinski definition) is 2. The van der Waals surface area contributed by atoms with Crippen LogP contribution in [0.3, 0.4) is 0 Å². The molecule has 0 aliphatic rings. The van der Waals surface area contributed by atoms with Gasteiger partial charge in [-0.3, -0.25) is 9.59 Å². The Hall–Kier alpha value is -2.47. The summed E-state index contributed by atoms with van der Waals surface area (Å²) < 4.78 is 1.76. The maximum Gasteiger partial charge on any atom is 0.289 e. The molecular weight excluding hydrogens is 316 g/mol. The number of carbonyl (C=O) groups is 2. The van der Waals surface area contributed by atoms with Crippen LogP contribution >= 0.6 is 0 Å². The molecular formula is C19H26N4O2. The molecule has 0 saturated heterocycles. The Bertz CT molecular complexity index is 678. The number of hydrogen-bond acceptors (Lipinski definition) is 4. The Morgan fingerprint density at radius 2 is 1.92 bits per heavy atom. The van der Waals surface area contributed by atoms with Gasteiger partial charge in [0.05, 0.1) is 11.7 Å². The van der Waals surface area contributed by atoms with E-state index in [1.54, 1.807) is 10.9 Å². The molecule has 134 valence electrons. The van der Waals surface area contributed by atoms with Crippen LogP contribution in [-0.2, 0) is 16.1 Å². The van der Waals surface area contributed by atoms with Crippen molar-refractivity contribution in [3.8, 4) is 5.69 Å². The van der Waals surface area contributed by atoms with Gasteiger partial charge in [0, 0.05) is 25.0 Å². The lowest BCUT2D eigenvalue weighted by Crippen LogP contribution is -2.47. The molecule has 1 atom stereocenters. The highest BCUT2D eigenvalue weighted by molar-refractivity contribution is 6.38. The third-order valence-corrected chi connectivity index (χ3v) is 3.81. The molecule has 0 fully saturated rings. The quantitative estimate of drug-likeness (QED) is 0.685. The van der Waals surface area contributed by atoms with Crippen molar-refractivity contribution in [3.63, 3.8) is 0 Å². The van der Waals surface area contributed by atoms with Crippen LogP contribution in [0.2, 0.25) is 0 Å². The van der Waals surface area contributed by atoms with Crippen molar-refractivity contribution >= 4 is 11.7 Å². The standard InChI is InChI=1S/C19H26N4O2/c1-4-6-17(22-14(2)3)18(24)19(25)20-13-15-7-9-16(10-8-15)23-12-5-11-21-23/h5,7-12,14,17,22H,4,6,13H2,1-3H3,(H,20,25). The monoisotopic (exact) mass is 342 g/mol. The molecule has 1 unspecified atom stereocenters. The second-order valence-electron chi connectivity index (χ2n) is 6.33. The molecule has 25 heavy (non-hydrogen) atoms. The molecule has 0 radical (unpaired) electrons. The second kappa shape index (κ2) is 9.13. The Kier molecular flexibility index (Phi) is 6.89. The van der Waals surface area contributed by atoms with Crippen molar-refractivity contribution in [1.82, 2.24) is 20.4 Å². The molecule has 1 aromatic carbocycles. The van der Waals surface area contributed by atoms with Crippen molar-refractivity contribution in [2.24, 2.45) is 0 Å². The van der Waals surface area contributed by atoms with Gasteiger partial charge in [-0.2, -0.15) is 5.10 Å². The molecule has 1 heterocycles. The zero-order valence-corrected chi connectivity index (χ0v) is 15.0. The van der Waals surface area contributed by atoms with E-state index >= 15 is 0 Å². The summed E-state index contributed by atoms with van der Waals surface area (Å²) in [7, 11) is 0. The molecule has 0 spiro atoms. The topological polar surface area (TPSA) is 76.0 Å². The van der Waals surface area contributed by atoms with Crippen molar-refractivity contribution in [3.05, 3.63) is 48.3 Å². The van der Waals surface area contributed by atoms with Gasteiger partial charge in [0.15, 0.2) is 0 Å². The van der Waals surface area contributed by atoms with Gasteiger partial charge in [0.2, 0.25) is 5.78 Å². The maximum absolute atomic E-state index is 12.3.